The van der Waals surface area contributed by atoms with Crippen molar-refractivity contribution >= 4 is 45.4 Å². The van der Waals surface area contributed by atoms with Crippen LogP contribution in [-0.2, 0) is 25.9 Å². The van der Waals surface area contributed by atoms with Crippen molar-refractivity contribution in [3.8, 4) is 17.4 Å². The number of piperazine rings is 1. The smallest absolute Gasteiger partial charge is 0.422 e. The molecule has 0 bridgehead atoms. The van der Waals surface area contributed by atoms with Crippen LogP contribution >= 0.6 is 17.0 Å². The number of aryl methyl sites for hydroxylation is 1. The number of aromatic nitrogens is 2. The summed E-state index contributed by atoms with van der Waals surface area (Å²) < 4.78 is 129. The van der Waals surface area contributed by atoms with Crippen LogP contribution in [0.3, 0.4) is 0 Å². The molecular weight excluding hydrogens is 841 g/mol. The number of anilines is 1. The van der Waals surface area contributed by atoms with Crippen molar-refractivity contribution in [1.82, 2.24) is 19.4 Å². The zero-order valence-corrected chi connectivity index (χ0v) is 31.6. The van der Waals surface area contributed by atoms with Crippen LogP contribution in [-0.4, -0.2) is 69.6 Å². The summed E-state index contributed by atoms with van der Waals surface area (Å²) in [6, 6.07) is 16.6. The molecule has 304 valence electrons. The number of benzene rings is 3. The van der Waals surface area contributed by atoms with Crippen LogP contribution in [0.1, 0.15) is 44.5 Å². The number of rotatable bonds is 9. The summed E-state index contributed by atoms with van der Waals surface area (Å²) in [5.41, 5.74) is -2.34. The summed E-state index contributed by atoms with van der Waals surface area (Å²) in [6.07, 6.45) is -13.6. The molecule has 1 fully saturated rings. The topological polar surface area (TPSA) is 88.9 Å². The Morgan fingerprint density at radius 3 is 2.16 bits per heavy atom. The highest BCUT2D eigenvalue weighted by Crippen LogP contribution is 2.38. The maximum Gasteiger partial charge on any atom is 0.422 e. The van der Waals surface area contributed by atoms with E-state index >= 15 is 0 Å². The maximum atomic E-state index is 13.7. The minimum Gasteiger partial charge on any atom is -0.484 e. The van der Waals surface area contributed by atoms with Crippen molar-refractivity contribution in [2.24, 2.45) is 7.05 Å². The van der Waals surface area contributed by atoms with Gasteiger partial charge in [-0.1, -0.05) is 12.1 Å². The van der Waals surface area contributed by atoms with Crippen molar-refractivity contribution in [2.75, 3.05) is 31.6 Å². The summed E-state index contributed by atoms with van der Waals surface area (Å²) >= 11 is 0. The number of halogens is 10. The van der Waals surface area contributed by atoms with E-state index < -0.39 is 47.7 Å². The Labute approximate surface area is 329 Å². The fourth-order valence-corrected chi connectivity index (χ4v) is 6.23. The number of nitrogens with zero attached hydrogens (tertiary/aromatic N) is 4. The van der Waals surface area contributed by atoms with E-state index in [1.54, 1.807) is 52.9 Å². The van der Waals surface area contributed by atoms with Crippen molar-refractivity contribution in [2.45, 2.75) is 38.0 Å². The third kappa shape index (κ3) is 10.4. The molecule has 3 heterocycles. The van der Waals surface area contributed by atoms with Gasteiger partial charge in [0.15, 0.2) is 6.61 Å². The lowest BCUT2D eigenvalue weighted by molar-refractivity contribution is -0.153. The first kappa shape index (κ1) is 42.8. The number of carbonyl (C=O) groups excluding carboxylic acids is 2. The lowest BCUT2D eigenvalue weighted by Gasteiger charge is -2.40. The molecule has 1 saturated heterocycles. The number of fused-ring (bicyclic) bond motifs is 1. The fraction of sp³-hybridized carbons (Fsp3) is 0.289. The first-order valence-corrected chi connectivity index (χ1v) is 16.9. The first-order chi connectivity index (χ1) is 26.2. The number of ether oxygens (including phenoxy) is 2. The number of nitrogens with one attached hydrogen (secondary N) is 1. The molecule has 0 radical (unpaired) electrons. The molecule has 1 unspecified atom stereocenters. The van der Waals surface area contributed by atoms with Gasteiger partial charge in [0.25, 0.3) is 11.8 Å². The third-order valence-corrected chi connectivity index (χ3v) is 9.11. The number of hydrogen-bond donors (Lipinski definition) is 1. The first-order valence-electron chi connectivity index (χ1n) is 16.9. The van der Waals surface area contributed by atoms with E-state index in [4.69, 9.17) is 9.47 Å². The largest absolute Gasteiger partial charge is 0.484 e. The van der Waals surface area contributed by atoms with Crippen molar-refractivity contribution in [1.29, 1.82) is 0 Å². The van der Waals surface area contributed by atoms with Gasteiger partial charge in [0.2, 0.25) is 5.88 Å². The molecule has 1 aliphatic rings. The molecule has 1 aliphatic heterocycles. The lowest BCUT2D eigenvalue weighted by atomic mass is 10.0. The van der Waals surface area contributed by atoms with Crippen LogP contribution in [0.25, 0.3) is 10.9 Å². The fourth-order valence-electron chi connectivity index (χ4n) is 6.23. The summed E-state index contributed by atoms with van der Waals surface area (Å²) in [5, 5.41) is 2.96. The molecule has 1 N–H and O–H groups in total. The Kier molecular flexibility index (Phi) is 12.5. The summed E-state index contributed by atoms with van der Waals surface area (Å²) in [7, 11) is 1.73. The SMILES string of the molecule is Br.CC1CN(C(=O)c2cc3ccc(Oc4ccc(NC(=O)c5ccc(C(F)(F)F)cc5C(F)(F)F)cn4)cc3n2C)CCN1Cc1ccc(OCC(F)(F)F)cc1. The molecule has 5 aromatic rings. The standard InChI is InChI=1S/C38H32F9N5O4.BrH/c1-22-19-52(14-13-51(22)20-23-3-8-27(9-4-23)55-21-36(39,40)41)35(54)32-15-24-5-10-28(17-31(24)50(32)2)56-33-12-7-26(18-48-33)49-34(53)29-11-6-25(37(42,43)44)16-30(29)38(45,46)47;/h3-12,15-18,22H,13-14,19-21H2,1-2H3,(H,49,53);1H. The molecule has 9 nitrogen and oxygen atoms in total. The van der Waals surface area contributed by atoms with Gasteiger partial charge in [-0.25, -0.2) is 4.98 Å². The predicted octanol–water partition coefficient (Wildman–Crippen LogP) is 9.52. The van der Waals surface area contributed by atoms with E-state index in [1.807, 2.05) is 6.92 Å². The van der Waals surface area contributed by atoms with Crippen LogP contribution in [0, 0.1) is 0 Å². The molecule has 1 atom stereocenters. The second-order valence-corrected chi connectivity index (χ2v) is 13.1. The quantitative estimate of drug-likeness (QED) is 0.149. The number of pyridine rings is 1. The highest BCUT2D eigenvalue weighted by molar-refractivity contribution is 8.93. The van der Waals surface area contributed by atoms with Crippen LogP contribution in [0.2, 0.25) is 0 Å². The summed E-state index contributed by atoms with van der Waals surface area (Å²) in [5.74, 6) is -0.959. The van der Waals surface area contributed by atoms with E-state index in [0.29, 0.717) is 55.3 Å². The minimum absolute atomic E-state index is 0. The van der Waals surface area contributed by atoms with E-state index in [1.165, 1.54) is 24.3 Å². The molecule has 0 aliphatic carbocycles. The molecule has 6 rings (SSSR count). The molecule has 0 spiro atoms. The van der Waals surface area contributed by atoms with Gasteiger partial charge in [-0.05, 0) is 67.1 Å². The average Bonchev–Trinajstić information content (AvgIpc) is 3.46. The van der Waals surface area contributed by atoms with E-state index in [2.05, 4.69) is 15.2 Å². The summed E-state index contributed by atoms with van der Waals surface area (Å²) in [6.45, 7) is 2.62. The van der Waals surface area contributed by atoms with Crippen LogP contribution in [0.4, 0.5) is 45.2 Å². The van der Waals surface area contributed by atoms with Crippen LogP contribution in [0.15, 0.2) is 85.1 Å². The minimum atomic E-state index is -5.23. The van der Waals surface area contributed by atoms with Gasteiger partial charge in [-0.2, -0.15) is 39.5 Å². The zero-order chi connectivity index (χ0) is 40.6. The lowest BCUT2D eigenvalue weighted by Crippen LogP contribution is -2.53. The molecule has 0 saturated carbocycles. The number of hydrogen-bond acceptors (Lipinski definition) is 6. The monoisotopic (exact) mass is 873 g/mol. The normalized spacial score (nSPS) is 15.3. The maximum absolute atomic E-state index is 13.7. The second-order valence-electron chi connectivity index (χ2n) is 13.1. The Balaban J connectivity index is 0.00000620. The Bertz CT molecular complexity index is 2220. The van der Waals surface area contributed by atoms with Gasteiger partial charge in [-0.3, -0.25) is 14.5 Å². The van der Waals surface area contributed by atoms with Gasteiger partial charge in [0.1, 0.15) is 17.2 Å². The molecule has 2 aromatic heterocycles. The number of alkyl halides is 9. The van der Waals surface area contributed by atoms with Crippen molar-refractivity contribution < 1.29 is 58.6 Å². The Hall–Kier alpha value is -5.30. The van der Waals surface area contributed by atoms with Crippen molar-refractivity contribution in [3.05, 3.63) is 113 Å². The number of carbonyl (C=O) groups is 2. The van der Waals surface area contributed by atoms with E-state index in [9.17, 15) is 49.1 Å². The highest BCUT2D eigenvalue weighted by Gasteiger charge is 2.39. The Morgan fingerprint density at radius 1 is 0.842 bits per heavy atom. The third-order valence-electron chi connectivity index (χ3n) is 9.11. The van der Waals surface area contributed by atoms with Gasteiger partial charge in [0.05, 0.1) is 34.1 Å². The van der Waals surface area contributed by atoms with Gasteiger partial charge >= 0.3 is 18.5 Å². The summed E-state index contributed by atoms with van der Waals surface area (Å²) in [4.78, 5) is 34.4. The average molecular weight is 875 g/mol. The Morgan fingerprint density at radius 2 is 1.54 bits per heavy atom. The second kappa shape index (κ2) is 16.7. The van der Waals surface area contributed by atoms with Crippen molar-refractivity contribution in [3.63, 3.8) is 0 Å². The van der Waals surface area contributed by atoms with E-state index in [-0.39, 0.29) is 52.3 Å². The van der Waals surface area contributed by atoms with Crippen LogP contribution < -0.4 is 14.8 Å². The number of amides is 2. The van der Waals surface area contributed by atoms with E-state index in [0.717, 1.165) is 17.1 Å². The van der Waals surface area contributed by atoms with Gasteiger partial charge in [0, 0.05) is 56.8 Å². The molecule has 57 heavy (non-hydrogen) atoms. The molecular formula is C38H33BrF9N5O4. The zero-order valence-electron chi connectivity index (χ0n) is 29.9. The molecule has 2 amide bonds. The predicted molar refractivity (Wildman–Crippen MR) is 196 cm³/mol. The highest BCUT2D eigenvalue weighted by atomic mass is 79.9. The van der Waals surface area contributed by atoms with Crippen LogP contribution in [0.5, 0.6) is 17.4 Å². The molecule has 19 heteroatoms. The van der Waals surface area contributed by atoms with Gasteiger partial charge < -0.3 is 24.3 Å². The van der Waals surface area contributed by atoms with Gasteiger partial charge in [-0.15, -0.1) is 17.0 Å². The molecule has 3 aromatic carbocycles.